The average molecular weight is 329 g/mol. The Balaban J connectivity index is 3.44. The monoisotopic (exact) mass is 329 g/mol. The number of carbonyl (C=O) groups excluding carboxylic acids is 1. The summed E-state index contributed by atoms with van der Waals surface area (Å²) in [4.78, 5) is 25.0. The lowest BCUT2D eigenvalue weighted by molar-refractivity contribution is 0.0596. The summed E-state index contributed by atoms with van der Waals surface area (Å²) in [6.07, 6.45) is -2.03. The number of H-pyrrole nitrogens is 1. The van der Waals surface area contributed by atoms with Crippen LogP contribution in [0.1, 0.15) is 22.3 Å². The molecule has 15 heavy (non-hydrogen) atoms. The molecule has 1 N–H and O–H groups in total. The fourth-order valence-corrected chi connectivity index (χ4v) is 1.59. The predicted molar refractivity (Wildman–Crippen MR) is 56.1 cm³/mol. The third kappa shape index (κ3) is 2.33. The van der Waals surface area contributed by atoms with E-state index in [0.717, 1.165) is 13.3 Å². The van der Waals surface area contributed by atoms with E-state index in [1.165, 1.54) is 0 Å². The van der Waals surface area contributed by atoms with Crippen molar-refractivity contribution in [3.63, 3.8) is 0 Å². The van der Waals surface area contributed by atoms with Crippen molar-refractivity contribution in [1.29, 1.82) is 0 Å². The van der Waals surface area contributed by atoms with E-state index in [-0.39, 0.29) is 3.70 Å². The van der Waals surface area contributed by atoms with Gasteiger partial charge in [0.1, 0.15) is 5.56 Å². The summed E-state index contributed by atoms with van der Waals surface area (Å²) in [5.74, 6) is -0.928. The summed E-state index contributed by atoms with van der Waals surface area (Å²) in [5.41, 5.74) is -2.13. The van der Waals surface area contributed by atoms with E-state index in [1.807, 2.05) is 0 Å². The number of halogens is 3. The maximum Gasteiger partial charge on any atom is 0.344 e. The van der Waals surface area contributed by atoms with Crippen molar-refractivity contribution in [2.45, 2.75) is 6.43 Å². The normalized spacial score (nSPS) is 10.5. The SMILES string of the molecule is COC(=O)c1c(I)[nH]cc(C(F)F)c1=O. The van der Waals surface area contributed by atoms with Gasteiger partial charge in [0, 0.05) is 6.20 Å². The number of hydrogen-bond acceptors (Lipinski definition) is 3. The Morgan fingerprint density at radius 2 is 2.20 bits per heavy atom. The van der Waals surface area contributed by atoms with Crippen LogP contribution in [0.2, 0.25) is 0 Å². The number of aromatic amines is 1. The number of hydrogen-bond donors (Lipinski definition) is 1. The maximum atomic E-state index is 12.3. The topological polar surface area (TPSA) is 59.2 Å². The first-order chi connectivity index (χ1) is 6.99. The van der Waals surface area contributed by atoms with Crippen LogP contribution in [-0.2, 0) is 4.74 Å². The van der Waals surface area contributed by atoms with Crippen LogP contribution >= 0.6 is 22.6 Å². The molecular formula is C8H6F2INO3. The molecule has 1 rings (SSSR count). The Bertz CT molecular complexity index is 444. The van der Waals surface area contributed by atoms with E-state index < -0.39 is 29.0 Å². The second-order valence-corrected chi connectivity index (χ2v) is 3.63. The van der Waals surface area contributed by atoms with Crippen molar-refractivity contribution in [3.05, 3.63) is 31.2 Å². The summed E-state index contributed by atoms with van der Waals surface area (Å²) < 4.78 is 29.2. The van der Waals surface area contributed by atoms with Crippen molar-refractivity contribution in [2.75, 3.05) is 7.11 Å². The molecule has 82 valence electrons. The minimum Gasteiger partial charge on any atom is -0.465 e. The van der Waals surface area contributed by atoms with E-state index in [0.29, 0.717) is 0 Å². The lowest BCUT2D eigenvalue weighted by Gasteiger charge is -2.04. The van der Waals surface area contributed by atoms with Gasteiger partial charge in [0.05, 0.1) is 16.4 Å². The zero-order valence-corrected chi connectivity index (χ0v) is 9.67. The van der Waals surface area contributed by atoms with Crippen molar-refractivity contribution in [1.82, 2.24) is 4.98 Å². The molecule has 0 aliphatic rings. The molecule has 0 amide bonds. The largest absolute Gasteiger partial charge is 0.465 e. The van der Waals surface area contributed by atoms with E-state index in [2.05, 4.69) is 9.72 Å². The minimum atomic E-state index is -2.92. The van der Waals surface area contributed by atoms with Crippen molar-refractivity contribution >= 4 is 28.6 Å². The van der Waals surface area contributed by atoms with Crippen LogP contribution in [0.4, 0.5) is 8.78 Å². The zero-order valence-electron chi connectivity index (χ0n) is 7.51. The lowest BCUT2D eigenvalue weighted by Crippen LogP contribution is -2.23. The predicted octanol–water partition coefficient (Wildman–Crippen LogP) is 1.70. The van der Waals surface area contributed by atoms with Gasteiger partial charge in [-0.1, -0.05) is 0 Å². The molecule has 7 heteroatoms. The first kappa shape index (κ1) is 12.1. The third-order valence-electron chi connectivity index (χ3n) is 1.69. The van der Waals surface area contributed by atoms with E-state index in [1.54, 1.807) is 22.6 Å². The number of nitrogens with one attached hydrogen (secondary N) is 1. The van der Waals surface area contributed by atoms with Gasteiger partial charge >= 0.3 is 5.97 Å². The first-order valence-electron chi connectivity index (χ1n) is 3.76. The Morgan fingerprint density at radius 3 is 2.67 bits per heavy atom. The number of ether oxygens (including phenoxy) is 1. The molecule has 0 saturated heterocycles. The number of methoxy groups -OCH3 is 1. The standard InChI is InChI=1S/C8H6F2INO3/c1-15-8(14)4-5(13)3(6(9)10)2-12-7(4)11/h2,6H,1H3,(H,12,13). The molecule has 0 aliphatic carbocycles. The highest BCUT2D eigenvalue weighted by atomic mass is 127. The molecule has 4 nitrogen and oxygen atoms in total. The molecular weight excluding hydrogens is 323 g/mol. The summed E-state index contributed by atoms with van der Waals surface area (Å²) in [6, 6.07) is 0. The van der Waals surface area contributed by atoms with E-state index in [4.69, 9.17) is 0 Å². The number of alkyl halides is 2. The lowest BCUT2D eigenvalue weighted by atomic mass is 10.2. The molecule has 0 fully saturated rings. The molecule has 0 radical (unpaired) electrons. The number of pyridine rings is 1. The van der Waals surface area contributed by atoms with Crippen LogP contribution < -0.4 is 5.43 Å². The van der Waals surface area contributed by atoms with Crippen LogP contribution in [0.3, 0.4) is 0 Å². The minimum absolute atomic E-state index is 0.175. The molecule has 0 atom stereocenters. The Hall–Kier alpha value is -0.990. The van der Waals surface area contributed by atoms with Gasteiger partial charge in [0.2, 0.25) is 5.43 Å². The quantitative estimate of drug-likeness (QED) is 0.510. The highest BCUT2D eigenvalue weighted by Gasteiger charge is 2.22. The summed E-state index contributed by atoms with van der Waals surface area (Å²) in [5, 5.41) is 0. The molecule has 0 spiro atoms. The second kappa shape index (κ2) is 4.69. The van der Waals surface area contributed by atoms with Crippen LogP contribution in [0.5, 0.6) is 0 Å². The van der Waals surface area contributed by atoms with Gasteiger partial charge in [0.25, 0.3) is 6.43 Å². The molecule has 0 bridgehead atoms. The molecule has 1 aromatic rings. The van der Waals surface area contributed by atoms with Gasteiger partial charge < -0.3 is 9.72 Å². The number of rotatable bonds is 2. The van der Waals surface area contributed by atoms with E-state index in [9.17, 15) is 18.4 Å². The molecule has 1 aromatic heterocycles. The highest BCUT2D eigenvalue weighted by molar-refractivity contribution is 14.1. The fourth-order valence-electron chi connectivity index (χ4n) is 0.969. The van der Waals surface area contributed by atoms with Gasteiger partial charge in [-0.3, -0.25) is 4.79 Å². The maximum absolute atomic E-state index is 12.3. The summed E-state index contributed by atoms with van der Waals surface area (Å²) in [6.45, 7) is 0. The van der Waals surface area contributed by atoms with Crippen molar-refractivity contribution in [2.24, 2.45) is 0 Å². The summed E-state index contributed by atoms with van der Waals surface area (Å²) >= 11 is 1.66. The second-order valence-electron chi connectivity index (χ2n) is 2.55. The van der Waals surface area contributed by atoms with Crippen LogP contribution in [0.15, 0.2) is 11.0 Å². The van der Waals surface area contributed by atoms with Crippen molar-refractivity contribution < 1.29 is 18.3 Å². The van der Waals surface area contributed by atoms with Crippen LogP contribution in [-0.4, -0.2) is 18.1 Å². The number of esters is 1. The Kier molecular flexibility index (Phi) is 3.77. The first-order valence-corrected chi connectivity index (χ1v) is 4.84. The fraction of sp³-hybridized carbons (Fsp3) is 0.250. The van der Waals surface area contributed by atoms with Gasteiger partial charge in [-0.2, -0.15) is 0 Å². The van der Waals surface area contributed by atoms with Crippen molar-refractivity contribution in [3.8, 4) is 0 Å². The molecule has 0 unspecified atom stereocenters. The Labute approximate surface area is 96.8 Å². The smallest absolute Gasteiger partial charge is 0.344 e. The zero-order chi connectivity index (χ0) is 11.6. The van der Waals surface area contributed by atoms with Crippen LogP contribution in [0, 0.1) is 3.70 Å². The van der Waals surface area contributed by atoms with E-state index >= 15 is 0 Å². The van der Waals surface area contributed by atoms with Gasteiger partial charge in [-0.05, 0) is 22.6 Å². The average Bonchev–Trinajstić information content (AvgIpc) is 2.16. The number of carbonyl (C=O) groups is 1. The van der Waals surface area contributed by atoms with Gasteiger partial charge in [-0.25, -0.2) is 13.6 Å². The third-order valence-corrected chi connectivity index (χ3v) is 2.54. The molecule has 1 heterocycles. The highest BCUT2D eigenvalue weighted by Crippen LogP contribution is 2.16. The molecule has 0 aromatic carbocycles. The molecule has 0 aliphatic heterocycles. The number of aromatic nitrogens is 1. The Morgan fingerprint density at radius 1 is 1.60 bits per heavy atom. The summed E-state index contributed by atoms with van der Waals surface area (Å²) in [7, 11) is 1.08. The van der Waals surface area contributed by atoms with Gasteiger partial charge in [-0.15, -0.1) is 0 Å². The molecule has 0 saturated carbocycles. The van der Waals surface area contributed by atoms with Gasteiger partial charge in [0.15, 0.2) is 0 Å². The van der Waals surface area contributed by atoms with Crippen LogP contribution in [0.25, 0.3) is 0 Å².